The first-order valence-electron chi connectivity index (χ1n) is 7.82. The highest BCUT2D eigenvalue weighted by Gasteiger charge is 2.27. The lowest BCUT2D eigenvalue weighted by molar-refractivity contribution is -0.145. The van der Waals surface area contributed by atoms with E-state index in [9.17, 15) is 19.5 Å². The maximum atomic E-state index is 11.1. The number of aliphatic hydroxyl groups is 1. The van der Waals surface area contributed by atoms with Crippen LogP contribution >= 0.6 is 0 Å². The molecule has 0 heterocycles. The summed E-state index contributed by atoms with van der Waals surface area (Å²) in [5.74, 6) is -3.60. The smallest absolute Gasteiger partial charge is 0.324 e. The molecule has 140 valence electrons. The zero-order valence-electron chi connectivity index (χ0n) is 13.6. The SMILES string of the molecule is CCCC(NCCCCC(NC(O)C(N)C(=O)O)C(=O)O)C(=O)O. The zero-order valence-corrected chi connectivity index (χ0v) is 13.6. The van der Waals surface area contributed by atoms with Crippen LogP contribution in [0, 0.1) is 0 Å². The average molecular weight is 349 g/mol. The van der Waals surface area contributed by atoms with Crippen molar-refractivity contribution in [2.75, 3.05) is 6.54 Å². The Balaban J connectivity index is 4.21. The van der Waals surface area contributed by atoms with Crippen molar-refractivity contribution in [3.8, 4) is 0 Å². The van der Waals surface area contributed by atoms with Crippen LogP contribution in [0.2, 0.25) is 0 Å². The van der Waals surface area contributed by atoms with Gasteiger partial charge in [-0.2, -0.15) is 0 Å². The molecule has 0 aromatic heterocycles. The molecule has 0 aliphatic carbocycles. The van der Waals surface area contributed by atoms with E-state index in [1.807, 2.05) is 6.92 Å². The second-order valence-electron chi connectivity index (χ2n) is 5.50. The fourth-order valence-corrected chi connectivity index (χ4v) is 2.07. The lowest BCUT2D eigenvalue weighted by atomic mass is 10.1. The molecule has 0 bridgehead atoms. The minimum absolute atomic E-state index is 0.145. The molecule has 4 unspecified atom stereocenters. The van der Waals surface area contributed by atoms with Gasteiger partial charge in [-0.25, -0.2) is 0 Å². The van der Waals surface area contributed by atoms with Crippen LogP contribution in [0.5, 0.6) is 0 Å². The third-order valence-electron chi connectivity index (χ3n) is 3.48. The molecule has 0 fully saturated rings. The normalized spacial score (nSPS) is 16.1. The number of aliphatic hydroxyl groups excluding tert-OH is 1. The second kappa shape index (κ2) is 11.7. The zero-order chi connectivity index (χ0) is 18.7. The summed E-state index contributed by atoms with van der Waals surface area (Å²) in [4.78, 5) is 32.7. The fourth-order valence-electron chi connectivity index (χ4n) is 2.07. The van der Waals surface area contributed by atoms with E-state index in [2.05, 4.69) is 10.6 Å². The summed E-state index contributed by atoms with van der Waals surface area (Å²) in [6.07, 6.45) is 0.698. The van der Waals surface area contributed by atoms with Crippen molar-refractivity contribution in [1.29, 1.82) is 0 Å². The number of hydrogen-bond donors (Lipinski definition) is 7. The molecule has 0 saturated heterocycles. The predicted molar refractivity (Wildman–Crippen MR) is 84.4 cm³/mol. The number of unbranched alkanes of at least 4 members (excludes halogenated alkanes) is 1. The molecule has 0 amide bonds. The van der Waals surface area contributed by atoms with Crippen LogP contribution in [0.15, 0.2) is 0 Å². The van der Waals surface area contributed by atoms with Crippen LogP contribution in [0.4, 0.5) is 0 Å². The highest BCUT2D eigenvalue weighted by molar-refractivity contribution is 5.75. The topological polar surface area (TPSA) is 182 Å². The molecule has 0 aromatic carbocycles. The number of nitrogens with two attached hydrogens (primary N) is 1. The first kappa shape index (κ1) is 22.2. The summed E-state index contributed by atoms with van der Waals surface area (Å²) < 4.78 is 0. The van der Waals surface area contributed by atoms with E-state index in [0.29, 0.717) is 25.8 Å². The third-order valence-corrected chi connectivity index (χ3v) is 3.48. The van der Waals surface area contributed by atoms with Gasteiger partial charge in [0.25, 0.3) is 0 Å². The molecular formula is C14H27N3O7. The molecule has 4 atom stereocenters. The molecule has 0 aliphatic rings. The van der Waals surface area contributed by atoms with Gasteiger partial charge in [0.05, 0.1) is 0 Å². The molecular weight excluding hydrogens is 322 g/mol. The fraction of sp³-hybridized carbons (Fsp3) is 0.786. The van der Waals surface area contributed by atoms with Crippen LogP contribution in [0.1, 0.15) is 39.0 Å². The van der Waals surface area contributed by atoms with Gasteiger partial charge >= 0.3 is 17.9 Å². The second-order valence-corrected chi connectivity index (χ2v) is 5.50. The lowest BCUT2D eigenvalue weighted by Crippen LogP contribution is -2.54. The Morgan fingerprint density at radius 2 is 1.54 bits per heavy atom. The van der Waals surface area contributed by atoms with Crippen molar-refractivity contribution in [1.82, 2.24) is 10.6 Å². The van der Waals surface area contributed by atoms with Crippen LogP contribution < -0.4 is 16.4 Å². The van der Waals surface area contributed by atoms with Crippen LogP contribution in [-0.2, 0) is 14.4 Å². The summed E-state index contributed by atoms with van der Waals surface area (Å²) in [6, 6.07) is -3.39. The summed E-state index contributed by atoms with van der Waals surface area (Å²) in [5.41, 5.74) is 5.20. The van der Waals surface area contributed by atoms with Gasteiger partial charge in [-0.1, -0.05) is 19.8 Å². The molecule has 0 radical (unpaired) electrons. The van der Waals surface area contributed by atoms with E-state index in [0.717, 1.165) is 6.42 Å². The van der Waals surface area contributed by atoms with Crippen molar-refractivity contribution in [3.05, 3.63) is 0 Å². The molecule has 10 nitrogen and oxygen atoms in total. The molecule has 8 N–H and O–H groups in total. The minimum Gasteiger partial charge on any atom is -0.480 e. The Kier molecular flexibility index (Phi) is 10.9. The van der Waals surface area contributed by atoms with Crippen LogP contribution in [0.3, 0.4) is 0 Å². The first-order chi connectivity index (χ1) is 11.2. The molecule has 0 saturated carbocycles. The summed E-state index contributed by atoms with van der Waals surface area (Å²) in [6.45, 7) is 2.30. The van der Waals surface area contributed by atoms with Gasteiger partial charge in [0, 0.05) is 0 Å². The number of nitrogens with one attached hydrogen (secondary N) is 2. The molecule has 0 rings (SSSR count). The van der Waals surface area contributed by atoms with Crippen molar-refractivity contribution in [3.63, 3.8) is 0 Å². The molecule has 0 aliphatic heterocycles. The van der Waals surface area contributed by atoms with Crippen molar-refractivity contribution >= 4 is 17.9 Å². The quantitative estimate of drug-likeness (QED) is 0.148. The van der Waals surface area contributed by atoms with Gasteiger partial charge in [0.1, 0.15) is 24.4 Å². The number of carboxylic acids is 3. The van der Waals surface area contributed by atoms with Crippen molar-refractivity contribution in [2.24, 2.45) is 5.73 Å². The van der Waals surface area contributed by atoms with Gasteiger partial charge in [-0.15, -0.1) is 0 Å². The Morgan fingerprint density at radius 1 is 0.958 bits per heavy atom. The average Bonchev–Trinajstić information content (AvgIpc) is 2.50. The predicted octanol–water partition coefficient (Wildman–Crippen LogP) is -1.23. The molecule has 0 spiro atoms. The summed E-state index contributed by atoms with van der Waals surface area (Å²) in [5, 5.41) is 41.4. The van der Waals surface area contributed by atoms with E-state index in [1.165, 1.54) is 0 Å². The summed E-state index contributed by atoms with van der Waals surface area (Å²) >= 11 is 0. The van der Waals surface area contributed by atoms with E-state index >= 15 is 0 Å². The summed E-state index contributed by atoms with van der Waals surface area (Å²) in [7, 11) is 0. The number of hydrogen-bond acceptors (Lipinski definition) is 7. The molecule has 10 heteroatoms. The Morgan fingerprint density at radius 3 is 2.00 bits per heavy atom. The highest BCUT2D eigenvalue weighted by Crippen LogP contribution is 2.04. The van der Waals surface area contributed by atoms with Crippen molar-refractivity contribution in [2.45, 2.75) is 63.4 Å². The maximum absolute atomic E-state index is 11.1. The van der Waals surface area contributed by atoms with Crippen LogP contribution in [0.25, 0.3) is 0 Å². The Hall–Kier alpha value is -1.75. The maximum Gasteiger partial charge on any atom is 0.324 e. The Labute approximate surface area is 140 Å². The minimum atomic E-state index is -1.68. The number of rotatable bonds is 14. The van der Waals surface area contributed by atoms with E-state index in [1.54, 1.807) is 0 Å². The van der Waals surface area contributed by atoms with E-state index < -0.39 is 42.3 Å². The van der Waals surface area contributed by atoms with Gasteiger partial charge < -0.3 is 31.5 Å². The Bertz CT molecular complexity index is 419. The standard InChI is InChI=1S/C14H27N3O7/c1-2-5-8(12(19)20)16-7-4-3-6-9(13(21)22)17-11(18)10(15)14(23)24/h8-11,16-18H,2-7,15H2,1H3,(H,19,20)(H,21,22)(H,23,24). The van der Waals surface area contributed by atoms with Crippen molar-refractivity contribution < 1.29 is 34.8 Å². The van der Waals surface area contributed by atoms with Gasteiger partial charge in [0.2, 0.25) is 0 Å². The van der Waals surface area contributed by atoms with Gasteiger partial charge in [-0.05, 0) is 25.8 Å². The van der Waals surface area contributed by atoms with Gasteiger partial charge in [-0.3, -0.25) is 19.7 Å². The first-order valence-corrected chi connectivity index (χ1v) is 7.82. The van der Waals surface area contributed by atoms with E-state index in [-0.39, 0.29) is 6.42 Å². The highest BCUT2D eigenvalue weighted by atomic mass is 16.4. The number of aliphatic carboxylic acids is 3. The molecule has 24 heavy (non-hydrogen) atoms. The number of carboxylic acid groups (broad SMARTS) is 3. The van der Waals surface area contributed by atoms with Crippen LogP contribution in [-0.4, -0.2) is 69.2 Å². The lowest BCUT2D eigenvalue weighted by Gasteiger charge is -2.21. The monoisotopic (exact) mass is 349 g/mol. The third kappa shape index (κ3) is 8.77. The molecule has 0 aromatic rings. The largest absolute Gasteiger partial charge is 0.480 e. The van der Waals surface area contributed by atoms with Gasteiger partial charge in [0.15, 0.2) is 0 Å². The van der Waals surface area contributed by atoms with E-state index in [4.69, 9.17) is 21.1 Å². The number of carbonyl (C=O) groups is 3.